The predicted molar refractivity (Wildman–Crippen MR) is 55.5 cm³/mol. The lowest BCUT2D eigenvalue weighted by Gasteiger charge is -2.20. The molecule has 0 saturated carbocycles. The van der Waals surface area contributed by atoms with Crippen molar-refractivity contribution in [3.8, 4) is 0 Å². The largest absolute Gasteiger partial charge is 0.369 e. The third-order valence-electron chi connectivity index (χ3n) is 1.75. The Bertz CT molecular complexity index is 300. The summed E-state index contributed by atoms with van der Waals surface area (Å²) in [6.07, 6.45) is 0. The zero-order valence-corrected chi connectivity index (χ0v) is 9.78. The zero-order chi connectivity index (χ0) is 11.4. The van der Waals surface area contributed by atoms with Gasteiger partial charge >= 0.3 is 0 Å². The highest BCUT2D eigenvalue weighted by Gasteiger charge is 2.26. The summed E-state index contributed by atoms with van der Waals surface area (Å²) < 4.78 is 24.6. The molecule has 0 aliphatic rings. The molecule has 0 saturated heterocycles. The summed E-state index contributed by atoms with van der Waals surface area (Å²) in [5.41, 5.74) is 4.18. The zero-order valence-electron chi connectivity index (χ0n) is 8.21. The fourth-order valence-electron chi connectivity index (χ4n) is 0.551. The van der Waals surface area contributed by atoms with Crippen LogP contribution < -0.4 is 10.5 Å². The molecule has 0 rings (SSSR count). The maximum Gasteiger partial charge on any atom is 0.224 e. The Morgan fingerprint density at radius 3 is 2.36 bits per heavy atom. The van der Waals surface area contributed by atoms with Crippen LogP contribution >= 0.6 is 11.6 Å². The average Bonchev–Trinajstić information content (AvgIpc) is 2.01. The molecule has 0 aliphatic carbocycles. The van der Waals surface area contributed by atoms with Crippen molar-refractivity contribution in [2.45, 2.75) is 13.8 Å². The standard InChI is InChI=1S/C7H15ClN2O3S/c1-7(2,6(9)11)5-10-14(12,13)4-3-8/h10H,3-5H2,1-2H3,(H2,9,11). The molecule has 0 aromatic carbocycles. The summed E-state index contributed by atoms with van der Waals surface area (Å²) >= 11 is 5.29. The van der Waals surface area contributed by atoms with E-state index in [1.54, 1.807) is 13.8 Å². The fourth-order valence-corrected chi connectivity index (χ4v) is 2.09. The van der Waals surface area contributed by atoms with Crippen LogP contribution in [-0.2, 0) is 14.8 Å². The maximum absolute atomic E-state index is 11.2. The van der Waals surface area contributed by atoms with Gasteiger partial charge in [-0.15, -0.1) is 11.6 Å². The summed E-state index contributed by atoms with van der Waals surface area (Å²) in [6, 6.07) is 0. The minimum Gasteiger partial charge on any atom is -0.369 e. The number of carbonyl (C=O) groups is 1. The molecule has 1 amide bonds. The van der Waals surface area contributed by atoms with E-state index in [-0.39, 0.29) is 18.2 Å². The second kappa shape index (κ2) is 4.95. The Balaban J connectivity index is 4.26. The lowest BCUT2D eigenvalue weighted by Crippen LogP contribution is -2.43. The van der Waals surface area contributed by atoms with Crippen LogP contribution in [0.4, 0.5) is 0 Å². The monoisotopic (exact) mass is 242 g/mol. The van der Waals surface area contributed by atoms with E-state index in [2.05, 4.69) is 4.72 Å². The molecule has 5 nitrogen and oxygen atoms in total. The molecule has 7 heteroatoms. The van der Waals surface area contributed by atoms with Crippen molar-refractivity contribution in [3.05, 3.63) is 0 Å². The quantitative estimate of drug-likeness (QED) is 0.625. The molecule has 0 bridgehead atoms. The van der Waals surface area contributed by atoms with Crippen LogP contribution in [0.25, 0.3) is 0 Å². The van der Waals surface area contributed by atoms with E-state index in [9.17, 15) is 13.2 Å². The first-order chi connectivity index (χ1) is 6.21. The molecule has 14 heavy (non-hydrogen) atoms. The fraction of sp³-hybridized carbons (Fsp3) is 0.857. The lowest BCUT2D eigenvalue weighted by molar-refractivity contribution is -0.125. The van der Waals surface area contributed by atoms with Crippen LogP contribution in [-0.4, -0.2) is 32.5 Å². The van der Waals surface area contributed by atoms with Gasteiger partial charge in [0.05, 0.1) is 11.2 Å². The van der Waals surface area contributed by atoms with Gasteiger partial charge in [-0.05, 0) is 13.8 Å². The smallest absolute Gasteiger partial charge is 0.224 e. The summed E-state index contributed by atoms with van der Waals surface area (Å²) in [6.45, 7) is 3.12. The third-order valence-corrected chi connectivity index (χ3v) is 3.49. The highest BCUT2D eigenvalue weighted by Crippen LogP contribution is 2.12. The van der Waals surface area contributed by atoms with Crippen molar-refractivity contribution in [2.75, 3.05) is 18.2 Å². The predicted octanol–water partition coefficient (Wildman–Crippen LogP) is -0.344. The molecular weight excluding hydrogens is 228 g/mol. The van der Waals surface area contributed by atoms with Crippen molar-refractivity contribution in [1.82, 2.24) is 4.72 Å². The minimum absolute atomic E-state index is 0.0123. The molecule has 0 spiro atoms. The highest BCUT2D eigenvalue weighted by atomic mass is 35.5. The van der Waals surface area contributed by atoms with E-state index in [1.165, 1.54) is 0 Å². The van der Waals surface area contributed by atoms with Gasteiger partial charge in [0.1, 0.15) is 0 Å². The second-order valence-electron chi connectivity index (χ2n) is 3.58. The first-order valence-electron chi connectivity index (χ1n) is 4.04. The number of amides is 1. The van der Waals surface area contributed by atoms with Crippen LogP contribution in [0.1, 0.15) is 13.8 Å². The normalized spacial score (nSPS) is 12.8. The van der Waals surface area contributed by atoms with Crippen molar-refractivity contribution < 1.29 is 13.2 Å². The molecule has 0 heterocycles. The summed E-state index contributed by atoms with van der Waals surface area (Å²) in [5.74, 6) is -0.693. The van der Waals surface area contributed by atoms with Crippen LogP contribution in [0.2, 0.25) is 0 Å². The Labute approximate surface area is 89.0 Å². The number of hydrogen-bond acceptors (Lipinski definition) is 3. The van der Waals surface area contributed by atoms with Gasteiger partial charge < -0.3 is 5.73 Å². The Hall–Kier alpha value is -0.330. The maximum atomic E-state index is 11.2. The molecule has 0 atom stereocenters. The second-order valence-corrected chi connectivity index (χ2v) is 5.88. The van der Waals surface area contributed by atoms with E-state index in [1.807, 2.05) is 0 Å². The van der Waals surface area contributed by atoms with Gasteiger partial charge in [0, 0.05) is 12.4 Å². The number of halogens is 1. The van der Waals surface area contributed by atoms with Crippen LogP contribution in [0.5, 0.6) is 0 Å². The molecule has 84 valence electrons. The number of primary amides is 1. The Kier molecular flexibility index (Phi) is 4.83. The van der Waals surface area contributed by atoms with Crippen molar-refractivity contribution in [3.63, 3.8) is 0 Å². The molecule has 0 aliphatic heterocycles. The summed E-state index contributed by atoms with van der Waals surface area (Å²) in [7, 11) is -3.39. The Morgan fingerprint density at radius 2 is 2.00 bits per heavy atom. The minimum atomic E-state index is -3.39. The van der Waals surface area contributed by atoms with Crippen molar-refractivity contribution >= 4 is 27.5 Å². The van der Waals surface area contributed by atoms with Gasteiger partial charge in [0.15, 0.2) is 0 Å². The first-order valence-corrected chi connectivity index (χ1v) is 6.23. The van der Waals surface area contributed by atoms with Crippen LogP contribution in [0.15, 0.2) is 0 Å². The lowest BCUT2D eigenvalue weighted by atomic mass is 9.93. The molecular formula is C7H15ClN2O3S. The molecule has 0 aromatic rings. The first kappa shape index (κ1) is 13.7. The van der Waals surface area contributed by atoms with Crippen LogP contribution in [0, 0.1) is 5.41 Å². The van der Waals surface area contributed by atoms with E-state index in [4.69, 9.17) is 17.3 Å². The van der Waals surface area contributed by atoms with Crippen molar-refractivity contribution in [2.24, 2.45) is 11.1 Å². The van der Waals surface area contributed by atoms with Gasteiger partial charge in [-0.1, -0.05) is 0 Å². The average molecular weight is 243 g/mol. The number of carbonyl (C=O) groups excluding carboxylic acids is 1. The molecule has 3 N–H and O–H groups in total. The highest BCUT2D eigenvalue weighted by molar-refractivity contribution is 7.89. The summed E-state index contributed by atoms with van der Waals surface area (Å²) in [5, 5.41) is 0. The third kappa shape index (κ3) is 4.78. The van der Waals surface area contributed by atoms with Gasteiger partial charge in [0.25, 0.3) is 0 Å². The van der Waals surface area contributed by atoms with Gasteiger partial charge in [0.2, 0.25) is 15.9 Å². The van der Waals surface area contributed by atoms with Crippen molar-refractivity contribution in [1.29, 1.82) is 0 Å². The van der Waals surface area contributed by atoms with E-state index in [0.717, 1.165) is 0 Å². The van der Waals surface area contributed by atoms with E-state index < -0.39 is 21.3 Å². The van der Waals surface area contributed by atoms with Crippen LogP contribution in [0.3, 0.4) is 0 Å². The molecule has 0 unspecified atom stereocenters. The number of alkyl halides is 1. The number of nitrogens with one attached hydrogen (secondary N) is 1. The van der Waals surface area contributed by atoms with Gasteiger partial charge in [-0.3, -0.25) is 4.79 Å². The number of hydrogen-bond donors (Lipinski definition) is 2. The SMILES string of the molecule is CC(C)(CNS(=O)(=O)CCCl)C(N)=O. The van der Waals surface area contributed by atoms with Gasteiger partial charge in [-0.2, -0.15) is 0 Å². The molecule has 0 aromatic heterocycles. The molecule has 0 fully saturated rings. The number of nitrogens with two attached hydrogens (primary N) is 1. The van der Waals surface area contributed by atoms with E-state index in [0.29, 0.717) is 0 Å². The number of sulfonamides is 1. The summed E-state index contributed by atoms with van der Waals surface area (Å²) in [4.78, 5) is 10.9. The van der Waals surface area contributed by atoms with Gasteiger partial charge in [-0.25, -0.2) is 13.1 Å². The topological polar surface area (TPSA) is 89.3 Å². The Morgan fingerprint density at radius 1 is 1.50 bits per heavy atom. The van der Waals surface area contributed by atoms with E-state index >= 15 is 0 Å². The molecule has 0 radical (unpaired) electrons. The number of rotatable bonds is 6.